The Labute approximate surface area is 169 Å². The quantitative estimate of drug-likeness (QED) is 0.749. The number of aromatic nitrogens is 1. The van der Waals surface area contributed by atoms with Crippen molar-refractivity contribution in [2.45, 2.75) is 57.4 Å². The number of hydrogen-bond donors (Lipinski definition) is 0. The molecule has 3 heterocycles. The van der Waals surface area contributed by atoms with Crippen LogP contribution in [0.1, 0.15) is 50.5 Å². The summed E-state index contributed by atoms with van der Waals surface area (Å²) in [5, 5.41) is 1.32. The minimum Gasteiger partial charge on any atom is -0.350 e. The summed E-state index contributed by atoms with van der Waals surface area (Å²) in [5.74, 6) is 0.981. The molecule has 1 aromatic heterocycles. The lowest BCUT2D eigenvalue weighted by molar-refractivity contribution is -0.131. The zero-order valence-corrected chi connectivity index (χ0v) is 17.6. The highest BCUT2D eigenvalue weighted by Crippen LogP contribution is 2.31. The molecule has 0 N–H and O–H groups in total. The molecule has 0 spiro atoms. The number of aryl methyl sites for hydroxylation is 2. The highest BCUT2D eigenvalue weighted by Gasteiger charge is 2.33. The van der Waals surface area contributed by atoms with Gasteiger partial charge in [0.15, 0.2) is 0 Å². The molecule has 0 radical (unpaired) electrons. The van der Waals surface area contributed by atoms with Crippen molar-refractivity contribution >= 4 is 16.8 Å². The number of carbonyl (C=O) groups is 1. The van der Waals surface area contributed by atoms with Gasteiger partial charge in [0.1, 0.15) is 0 Å². The van der Waals surface area contributed by atoms with Crippen LogP contribution in [0.15, 0.2) is 30.5 Å². The van der Waals surface area contributed by atoms with E-state index in [0.717, 1.165) is 19.4 Å². The summed E-state index contributed by atoms with van der Waals surface area (Å²) in [6.07, 6.45) is 11.4. The standard InChI is InChI=1S/C24H35N3O/c1-25-17-19(21-11-3-4-13-23(21)25)9-7-14-24(28)26(2)18-20-10-8-16-27-15-6-5-12-22(20)27/h3-4,11,13,17,20,22H,5-10,12,14-16,18H2,1-2H3/t20-,22+/m0/s1. The molecular formula is C24H35N3O. The van der Waals surface area contributed by atoms with Crippen molar-refractivity contribution in [1.29, 1.82) is 0 Å². The largest absolute Gasteiger partial charge is 0.350 e. The lowest BCUT2D eigenvalue weighted by Gasteiger charge is -2.45. The van der Waals surface area contributed by atoms with Crippen LogP contribution >= 0.6 is 0 Å². The molecule has 0 aliphatic carbocycles. The number of fused-ring (bicyclic) bond motifs is 2. The van der Waals surface area contributed by atoms with Gasteiger partial charge in [0.2, 0.25) is 5.91 Å². The Kier molecular flexibility index (Phi) is 6.05. The Morgan fingerprint density at radius 2 is 1.96 bits per heavy atom. The second-order valence-electron chi connectivity index (χ2n) is 8.91. The second-order valence-corrected chi connectivity index (χ2v) is 8.91. The maximum Gasteiger partial charge on any atom is 0.222 e. The Hall–Kier alpha value is -1.81. The minimum absolute atomic E-state index is 0.313. The average molecular weight is 382 g/mol. The first-order valence-electron chi connectivity index (χ1n) is 11.1. The van der Waals surface area contributed by atoms with E-state index in [0.29, 0.717) is 24.3 Å². The van der Waals surface area contributed by atoms with Crippen molar-refractivity contribution in [3.63, 3.8) is 0 Å². The van der Waals surface area contributed by atoms with E-state index in [-0.39, 0.29) is 0 Å². The topological polar surface area (TPSA) is 28.5 Å². The van der Waals surface area contributed by atoms with Crippen LogP contribution in [-0.4, -0.2) is 53.0 Å². The van der Waals surface area contributed by atoms with E-state index >= 15 is 0 Å². The molecular weight excluding hydrogens is 346 g/mol. The molecule has 0 saturated carbocycles. The van der Waals surface area contributed by atoms with Gasteiger partial charge in [0.25, 0.3) is 0 Å². The van der Waals surface area contributed by atoms with Crippen LogP contribution in [0.3, 0.4) is 0 Å². The molecule has 2 fully saturated rings. The fourth-order valence-electron chi connectivity index (χ4n) is 5.49. The fraction of sp³-hybridized carbons (Fsp3) is 0.625. The van der Waals surface area contributed by atoms with Crippen LogP contribution in [0.5, 0.6) is 0 Å². The maximum absolute atomic E-state index is 12.7. The van der Waals surface area contributed by atoms with Gasteiger partial charge < -0.3 is 14.4 Å². The molecule has 2 saturated heterocycles. The summed E-state index contributed by atoms with van der Waals surface area (Å²) < 4.78 is 2.19. The van der Waals surface area contributed by atoms with Crippen molar-refractivity contribution in [3.8, 4) is 0 Å². The number of para-hydroxylation sites is 1. The molecule has 28 heavy (non-hydrogen) atoms. The van der Waals surface area contributed by atoms with E-state index in [1.54, 1.807) is 0 Å². The Morgan fingerprint density at radius 3 is 2.86 bits per heavy atom. The van der Waals surface area contributed by atoms with Crippen LogP contribution in [0.2, 0.25) is 0 Å². The normalized spacial score (nSPS) is 22.9. The maximum atomic E-state index is 12.7. The molecule has 0 bridgehead atoms. The van der Waals surface area contributed by atoms with Crippen LogP contribution in [0.25, 0.3) is 10.9 Å². The third-order valence-corrected chi connectivity index (χ3v) is 6.98. The number of hydrogen-bond acceptors (Lipinski definition) is 2. The summed E-state index contributed by atoms with van der Waals surface area (Å²) in [6, 6.07) is 9.26. The molecule has 1 amide bonds. The summed E-state index contributed by atoms with van der Waals surface area (Å²) in [5.41, 5.74) is 2.63. The van der Waals surface area contributed by atoms with Crippen LogP contribution in [0, 0.1) is 5.92 Å². The SMILES string of the molecule is CN(C[C@@H]1CCCN2CCCC[C@H]12)C(=O)CCCc1cn(C)c2ccccc12. The number of amides is 1. The van der Waals surface area contributed by atoms with Gasteiger partial charge in [-0.05, 0) is 69.2 Å². The molecule has 4 nitrogen and oxygen atoms in total. The van der Waals surface area contributed by atoms with Crippen molar-refractivity contribution in [1.82, 2.24) is 14.4 Å². The van der Waals surface area contributed by atoms with Crippen LogP contribution in [0.4, 0.5) is 0 Å². The van der Waals surface area contributed by atoms with Gasteiger partial charge in [-0.3, -0.25) is 4.79 Å². The van der Waals surface area contributed by atoms with Crippen molar-refractivity contribution in [2.24, 2.45) is 13.0 Å². The molecule has 0 unspecified atom stereocenters. The van der Waals surface area contributed by atoms with Gasteiger partial charge in [-0.25, -0.2) is 0 Å². The zero-order valence-electron chi connectivity index (χ0n) is 17.6. The molecule has 2 aromatic rings. The summed E-state index contributed by atoms with van der Waals surface area (Å²) in [4.78, 5) is 17.5. The first-order chi connectivity index (χ1) is 13.6. The number of benzene rings is 1. The van der Waals surface area contributed by atoms with Crippen molar-refractivity contribution in [2.75, 3.05) is 26.7 Å². The first-order valence-corrected chi connectivity index (χ1v) is 11.1. The summed E-state index contributed by atoms with van der Waals surface area (Å²) in [6.45, 7) is 3.47. The van der Waals surface area contributed by atoms with Crippen molar-refractivity contribution < 1.29 is 4.79 Å². The van der Waals surface area contributed by atoms with Gasteiger partial charge in [-0.1, -0.05) is 24.6 Å². The monoisotopic (exact) mass is 381 g/mol. The lowest BCUT2D eigenvalue weighted by atomic mass is 9.83. The zero-order chi connectivity index (χ0) is 19.5. The average Bonchev–Trinajstić information content (AvgIpc) is 3.04. The highest BCUT2D eigenvalue weighted by atomic mass is 16.2. The Balaban J connectivity index is 1.28. The van der Waals surface area contributed by atoms with Crippen LogP contribution < -0.4 is 0 Å². The highest BCUT2D eigenvalue weighted by molar-refractivity contribution is 5.84. The van der Waals surface area contributed by atoms with Crippen LogP contribution in [-0.2, 0) is 18.3 Å². The minimum atomic E-state index is 0.313. The summed E-state index contributed by atoms with van der Waals surface area (Å²) in [7, 11) is 4.12. The van der Waals surface area contributed by atoms with Gasteiger partial charge in [-0.2, -0.15) is 0 Å². The molecule has 152 valence electrons. The van der Waals surface area contributed by atoms with Gasteiger partial charge in [0.05, 0.1) is 0 Å². The number of rotatable bonds is 6. The summed E-state index contributed by atoms with van der Waals surface area (Å²) >= 11 is 0. The van der Waals surface area contributed by atoms with Gasteiger partial charge in [0, 0.05) is 50.2 Å². The first kappa shape index (κ1) is 19.5. The Morgan fingerprint density at radius 1 is 1.14 bits per heavy atom. The van der Waals surface area contributed by atoms with E-state index in [4.69, 9.17) is 0 Å². The molecule has 4 heteroatoms. The van der Waals surface area contributed by atoms with E-state index in [1.807, 2.05) is 11.9 Å². The smallest absolute Gasteiger partial charge is 0.222 e. The molecule has 2 aliphatic rings. The van der Waals surface area contributed by atoms with E-state index in [1.165, 1.54) is 61.7 Å². The third kappa shape index (κ3) is 4.12. The second kappa shape index (κ2) is 8.69. The van der Waals surface area contributed by atoms with E-state index < -0.39 is 0 Å². The Bertz CT molecular complexity index is 809. The fourth-order valence-corrected chi connectivity index (χ4v) is 5.49. The van der Waals surface area contributed by atoms with Gasteiger partial charge >= 0.3 is 0 Å². The van der Waals surface area contributed by atoms with Gasteiger partial charge in [-0.15, -0.1) is 0 Å². The van der Waals surface area contributed by atoms with Crippen molar-refractivity contribution in [3.05, 3.63) is 36.0 Å². The number of carbonyl (C=O) groups excluding carboxylic acids is 1. The predicted octanol–water partition coefficient (Wildman–Crippen LogP) is 4.22. The number of nitrogens with zero attached hydrogens (tertiary/aromatic N) is 3. The lowest BCUT2D eigenvalue weighted by Crippen LogP contribution is -2.51. The van der Waals surface area contributed by atoms with E-state index in [9.17, 15) is 4.79 Å². The number of piperidine rings is 2. The molecule has 4 rings (SSSR count). The third-order valence-electron chi connectivity index (χ3n) is 6.98. The predicted molar refractivity (Wildman–Crippen MR) is 115 cm³/mol. The molecule has 2 aliphatic heterocycles. The molecule has 1 aromatic carbocycles. The molecule has 2 atom stereocenters. The van der Waals surface area contributed by atoms with E-state index in [2.05, 4.69) is 47.0 Å².